The lowest BCUT2D eigenvalue weighted by molar-refractivity contribution is -0.125. The van der Waals surface area contributed by atoms with Gasteiger partial charge in [-0.2, -0.15) is 0 Å². The van der Waals surface area contributed by atoms with Gasteiger partial charge in [-0.1, -0.05) is 20.3 Å². The fraction of sp³-hybridized carbons (Fsp3) is 0.923. The zero-order valence-corrected chi connectivity index (χ0v) is 10.5. The van der Waals surface area contributed by atoms with Crippen molar-refractivity contribution in [3.8, 4) is 0 Å². The first-order chi connectivity index (χ1) is 7.69. The summed E-state index contributed by atoms with van der Waals surface area (Å²) in [7, 11) is 0. The quantitative estimate of drug-likeness (QED) is 0.766. The van der Waals surface area contributed by atoms with Crippen LogP contribution in [-0.4, -0.2) is 24.5 Å². The fourth-order valence-electron chi connectivity index (χ4n) is 2.89. The molecule has 3 heteroatoms. The van der Waals surface area contributed by atoms with Crippen LogP contribution in [0.2, 0.25) is 0 Å². The van der Waals surface area contributed by atoms with E-state index < -0.39 is 0 Å². The van der Waals surface area contributed by atoms with Crippen molar-refractivity contribution in [2.45, 2.75) is 58.0 Å². The maximum absolute atomic E-state index is 12.0. The summed E-state index contributed by atoms with van der Waals surface area (Å²) in [5.74, 6) is 1.76. The average molecular weight is 224 g/mol. The molecule has 2 aliphatic rings. The van der Waals surface area contributed by atoms with E-state index in [0.717, 1.165) is 37.6 Å². The number of hydrogen-bond acceptors (Lipinski definition) is 2. The van der Waals surface area contributed by atoms with Gasteiger partial charge in [0.05, 0.1) is 6.04 Å². The first-order valence-corrected chi connectivity index (χ1v) is 6.72. The summed E-state index contributed by atoms with van der Waals surface area (Å²) in [5, 5.41) is 6.50. The molecule has 2 fully saturated rings. The van der Waals surface area contributed by atoms with Crippen LogP contribution in [-0.2, 0) is 4.79 Å². The second-order valence-corrected chi connectivity index (χ2v) is 5.59. The third kappa shape index (κ3) is 2.76. The van der Waals surface area contributed by atoms with Gasteiger partial charge in [0.25, 0.3) is 0 Å². The molecule has 2 atom stereocenters. The molecule has 3 nitrogen and oxygen atoms in total. The van der Waals surface area contributed by atoms with E-state index in [0.29, 0.717) is 6.04 Å². The van der Waals surface area contributed by atoms with Crippen LogP contribution >= 0.6 is 0 Å². The van der Waals surface area contributed by atoms with Gasteiger partial charge in [-0.25, -0.2) is 0 Å². The van der Waals surface area contributed by atoms with Crippen molar-refractivity contribution >= 4 is 5.91 Å². The summed E-state index contributed by atoms with van der Waals surface area (Å²) in [4.78, 5) is 12.0. The SMILES string of the molecule is CCC1CCNC(C(=O)NC2CC(C)C2)C1. The summed E-state index contributed by atoms with van der Waals surface area (Å²) in [5.41, 5.74) is 0. The first kappa shape index (κ1) is 11.9. The smallest absolute Gasteiger partial charge is 0.237 e. The maximum Gasteiger partial charge on any atom is 0.237 e. The molecule has 16 heavy (non-hydrogen) atoms. The highest BCUT2D eigenvalue weighted by atomic mass is 16.2. The van der Waals surface area contributed by atoms with Crippen molar-refractivity contribution in [2.24, 2.45) is 11.8 Å². The van der Waals surface area contributed by atoms with Gasteiger partial charge < -0.3 is 10.6 Å². The maximum atomic E-state index is 12.0. The highest BCUT2D eigenvalue weighted by Crippen LogP contribution is 2.27. The third-order valence-electron chi connectivity index (χ3n) is 4.13. The number of rotatable bonds is 3. The Labute approximate surface area is 98.4 Å². The zero-order chi connectivity index (χ0) is 11.5. The molecule has 2 N–H and O–H groups in total. The third-order valence-corrected chi connectivity index (χ3v) is 4.13. The Morgan fingerprint density at radius 2 is 2.12 bits per heavy atom. The molecule has 2 unspecified atom stereocenters. The Morgan fingerprint density at radius 3 is 2.75 bits per heavy atom. The molecule has 0 aromatic heterocycles. The molecular weight excluding hydrogens is 200 g/mol. The monoisotopic (exact) mass is 224 g/mol. The highest BCUT2D eigenvalue weighted by Gasteiger charge is 2.31. The van der Waals surface area contributed by atoms with Gasteiger partial charge in [0.15, 0.2) is 0 Å². The average Bonchev–Trinajstić information content (AvgIpc) is 2.27. The first-order valence-electron chi connectivity index (χ1n) is 6.72. The summed E-state index contributed by atoms with van der Waals surface area (Å²) in [6.45, 7) is 5.46. The van der Waals surface area contributed by atoms with Gasteiger partial charge in [-0.15, -0.1) is 0 Å². The molecule has 1 amide bonds. The number of amides is 1. The lowest BCUT2D eigenvalue weighted by atomic mass is 9.81. The van der Waals surface area contributed by atoms with Crippen molar-refractivity contribution < 1.29 is 4.79 Å². The van der Waals surface area contributed by atoms with Crippen LogP contribution in [0.5, 0.6) is 0 Å². The van der Waals surface area contributed by atoms with Crippen molar-refractivity contribution in [2.75, 3.05) is 6.54 Å². The predicted octanol–water partition coefficient (Wildman–Crippen LogP) is 1.68. The van der Waals surface area contributed by atoms with E-state index in [1.807, 2.05) is 0 Å². The lowest BCUT2D eigenvalue weighted by Gasteiger charge is -2.36. The fourth-order valence-corrected chi connectivity index (χ4v) is 2.89. The van der Waals surface area contributed by atoms with E-state index in [1.54, 1.807) is 0 Å². The summed E-state index contributed by atoms with van der Waals surface area (Å²) in [6.07, 6.45) is 5.77. The Morgan fingerprint density at radius 1 is 1.38 bits per heavy atom. The molecule has 1 aliphatic carbocycles. The van der Waals surface area contributed by atoms with Crippen molar-refractivity contribution in [3.05, 3.63) is 0 Å². The van der Waals surface area contributed by atoms with E-state index >= 15 is 0 Å². The molecule has 1 heterocycles. The topological polar surface area (TPSA) is 41.1 Å². The summed E-state index contributed by atoms with van der Waals surface area (Å²) < 4.78 is 0. The Kier molecular flexibility index (Phi) is 3.85. The number of piperidine rings is 1. The largest absolute Gasteiger partial charge is 0.352 e. The number of carbonyl (C=O) groups excluding carboxylic acids is 1. The molecule has 0 radical (unpaired) electrons. The van der Waals surface area contributed by atoms with E-state index in [9.17, 15) is 4.79 Å². The van der Waals surface area contributed by atoms with Gasteiger partial charge in [0.2, 0.25) is 5.91 Å². The van der Waals surface area contributed by atoms with Gasteiger partial charge in [-0.05, 0) is 44.1 Å². The van der Waals surface area contributed by atoms with Crippen LogP contribution < -0.4 is 10.6 Å². The van der Waals surface area contributed by atoms with E-state index in [4.69, 9.17) is 0 Å². The molecule has 1 saturated heterocycles. The van der Waals surface area contributed by atoms with Crippen molar-refractivity contribution in [3.63, 3.8) is 0 Å². The normalized spacial score (nSPS) is 38.9. The standard InChI is InChI=1S/C13H24N2O/c1-3-10-4-5-14-12(8-10)13(16)15-11-6-9(2)7-11/h9-12,14H,3-8H2,1-2H3,(H,15,16). The van der Waals surface area contributed by atoms with Gasteiger partial charge in [0, 0.05) is 6.04 Å². The molecule has 2 rings (SSSR count). The van der Waals surface area contributed by atoms with Crippen molar-refractivity contribution in [1.29, 1.82) is 0 Å². The van der Waals surface area contributed by atoms with Crippen LogP contribution in [0.1, 0.15) is 46.0 Å². The highest BCUT2D eigenvalue weighted by molar-refractivity contribution is 5.82. The second-order valence-electron chi connectivity index (χ2n) is 5.59. The molecule has 0 spiro atoms. The van der Waals surface area contributed by atoms with Crippen LogP contribution in [0.25, 0.3) is 0 Å². The van der Waals surface area contributed by atoms with Crippen LogP contribution in [0.15, 0.2) is 0 Å². The predicted molar refractivity (Wildman–Crippen MR) is 65.1 cm³/mol. The second kappa shape index (κ2) is 5.17. The Bertz CT molecular complexity index is 248. The molecule has 0 bridgehead atoms. The van der Waals surface area contributed by atoms with Crippen LogP contribution in [0.3, 0.4) is 0 Å². The van der Waals surface area contributed by atoms with E-state index in [2.05, 4.69) is 24.5 Å². The van der Waals surface area contributed by atoms with Crippen LogP contribution in [0, 0.1) is 11.8 Å². The lowest BCUT2D eigenvalue weighted by Crippen LogP contribution is -2.53. The minimum atomic E-state index is 0.0645. The van der Waals surface area contributed by atoms with E-state index in [-0.39, 0.29) is 11.9 Å². The molecule has 1 saturated carbocycles. The van der Waals surface area contributed by atoms with E-state index in [1.165, 1.54) is 12.8 Å². The number of hydrogen-bond donors (Lipinski definition) is 2. The summed E-state index contributed by atoms with van der Waals surface area (Å²) in [6, 6.07) is 0.515. The minimum absolute atomic E-state index is 0.0645. The zero-order valence-electron chi connectivity index (χ0n) is 10.5. The minimum Gasteiger partial charge on any atom is -0.352 e. The number of nitrogens with one attached hydrogen (secondary N) is 2. The Balaban J connectivity index is 1.75. The number of carbonyl (C=O) groups is 1. The van der Waals surface area contributed by atoms with Crippen LogP contribution in [0.4, 0.5) is 0 Å². The molecule has 0 aromatic rings. The van der Waals surface area contributed by atoms with Gasteiger partial charge >= 0.3 is 0 Å². The summed E-state index contributed by atoms with van der Waals surface area (Å²) >= 11 is 0. The van der Waals surface area contributed by atoms with Gasteiger partial charge in [0.1, 0.15) is 0 Å². The Hall–Kier alpha value is -0.570. The molecule has 1 aliphatic heterocycles. The molecular formula is C13H24N2O. The van der Waals surface area contributed by atoms with Gasteiger partial charge in [-0.3, -0.25) is 4.79 Å². The molecule has 0 aromatic carbocycles. The molecule has 92 valence electrons. The van der Waals surface area contributed by atoms with Crippen molar-refractivity contribution in [1.82, 2.24) is 10.6 Å².